The molecule has 0 fully saturated rings. The Morgan fingerprint density at radius 1 is 1.45 bits per heavy atom. The van der Waals surface area contributed by atoms with Crippen molar-refractivity contribution in [3.8, 4) is 0 Å². The lowest BCUT2D eigenvalue weighted by atomic mass is 10.2. The van der Waals surface area contributed by atoms with Crippen LogP contribution >= 0.6 is 0 Å². The lowest BCUT2D eigenvalue weighted by molar-refractivity contribution is -0.118. The number of carbonyl (C=O) groups excluding carboxylic acids is 1. The number of anilines is 2. The second kappa shape index (κ2) is 5.32. The van der Waals surface area contributed by atoms with Gasteiger partial charge in [0.1, 0.15) is 11.9 Å². The Hall–Kier alpha value is -2.37. The minimum atomic E-state index is -0.436. The number of aryl methyl sites for hydroxylation is 1. The van der Waals surface area contributed by atoms with Crippen LogP contribution in [0, 0.1) is 19.7 Å². The fraction of sp³-hybridized carbons (Fsp3) is 0.286. The molecular formula is C14H17FN4O. The monoisotopic (exact) mass is 276 g/mol. The summed E-state index contributed by atoms with van der Waals surface area (Å²) in [7, 11) is 0. The smallest absolute Gasteiger partial charge is 0.247 e. The summed E-state index contributed by atoms with van der Waals surface area (Å²) in [4.78, 5) is 16.4. The van der Waals surface area contributed by atoms with Crippen LogP contribution in [-0.2, 0) is 4.79 Å². The third-order valence-corrected chi connectivity index (χ3v) is 3.35. The molecule has 0 aliphatic rings. The van der Waals surface area contributed by atoms with Crippen LogP contribution in [0.1, 0.15) is 24.4 Å². The Balaban J connectivity index is 2.17. The van der Waals surface area contributed by atoms with E-state index in [9.17, 15) is 9.18 Å². The van der Waals surface area contributed by atoms with E-state index >= 15 is 0 Å². The van der Waals surface area contributed by atoms with Gasteiger partial charge in [0.25, 0.3) is 0 Å². The zero-order valence-corrected chi connectivity index (χ0v) is 11.6. The molecule has 3 N–H and O–H groups in total. The minimum absolute atomic E-state index is 0.198. The van der Waals surface area contributed by atoms with E-state index in [0.717, 1.165) is 11.4 Å². The summed E-state index contributed by atoms with van der Waals surface area (Å²) in [6, 6.07) is 3.44. The standard InChI is InChI=1S/C14H17FN4O/c1-8-9(2)19(7-17-8)10(3)14(20)18-13-5-4-11(15)6-12(13)16/h4-7,10H,16H2,1-3H3,(H,18,20). The molecule has 0 aliphatic heterocycles. The van der Waals surface area contributed by atoms with Crippen LogP contribution < -0.4 is 11.1 Å². The lowest BCUT2D eigenvalue weighted by Crippen LogP contribution is -2.24. The van der Waals surface area contributed by atoms with Crippen molar-refractivity contribution in [2.75, 3.05) is 11.1 Å². The minimum Gasteiger partial charge on any atom is -0.397 e. The van der Waals surface area contributed by atoms with Gasteiger partial charge >= 0.3 is 0 Å². The number of nitrogens with two attached hydrogens (primary N) is 1. The molecule has 1 aromatic carbocycles. The summed E-state index contributed by atoms with van der Waals surface area (Å²) >= 11 is 0. The first-order valence-corrected chi connectivity index (χ1v) is 6.26. The predicted molar refractivity (Wildman–Crippen MR) is 75.9 cm³/mol. The van der Waals surface area contributed by atoms with Gasteiger partial charge in [-0.2, -0.15) is 0 Å². The molecule has 20 heavy (non-hydrogen) atoms. The Labute approximate surface area is 116 Å². The summed E-state index contributed by atoms with van der Waals surface area (Å²) in [5, 5.41) is 2.69. The normalized spacial score (nSPS) is 12.2. The number of nitrogen functional groups attached to an aromatic ring is 1. The number of nitrogens with zero attached hydrogens (tertiary/aromatic N) is 2. The van der Waals surface area contributed by atoms with E-state index in [1.165, 1.54) is 18.2 Å². The highest BCUT2D eigenvalue weighted by molar-refractivity contribution is 5.96. The molecule has 0 saturated carbocycles. The van der Waals surface area contributed by atoms with Gasteiger partial charge in [0, 0.05) is 5.69 Å². The molecule has 1 heterocycles. The number of imidazole rings is 1. The number of benzene rings is 1. The number of nitrogens with one attached hydrogen (secondary N) is 1. The van der Waals surface area contributed by atoms with Gasteiger partial charge in [0.15, 0.2) is 0 Å². The van der Waals surface area contributed by atoms with Crippen molar-refractivity contribution in [2.24, 2.45) is 0 Å². The molecule has 2 rings (SSSR count). The van der Waals surface area contributed by atoms with E-state index < -0.39 is 11.9 Å². The average Bonchev–Trinajstić information content (AvgIpc) is 2.72. The van der Waals surface area contributed by atoms with Crippen LogP contribution in [0.5, 0.6) is 0 Å². The maximum Gasteiger partial charge on any atom is 0.247 e. The van der Waals surface area contributed by atoms with Gasteiger partial charge in [-0.15, -0.1) is 0 Å². The highest BCUT2D eigenvalue weighted by Gasteiger charge is 2.18. The van der Waals surface area contributed by atoms with E-state index in [-0.39, 0.29) is 11.6 Å². The van der Waals surface area contributed by atoms with E-state index in [4.69, 9.17) is 5.73 Å². The maximum atomic E-state index is 13.0. The van der Waals surface area contributed by atoms with E-state index in [2.05, 4.69) is 10.3 Å². The Bertz CT molecular complexity index is 651. The molecule has 0 aliphatic carbocycles. The fourth-order valence-electron chi connectivity index (χ4n) is 1.92. The second-order valence-corrected chi connectivity index (χ2v) is 4.72. The highest BCUT2D eigenvalue weighted by atomic mass is 19.1. The molecular weight excluding hydrogens is 259 g/mol. The molecule has 1 unspecified atom stereocenters. The van der Waals surface area contributed by atoms with Crippen LogP contribution in [-0.4, -0.2) is 15.5 Å². The third-order valence-electron chi connectivity index (χ3n) is 3.35. The maximum absolute atomic E-state index is 13.0. The summed E-state index contributed by atoms with van der Waals surface area (Å²) in [6.07, 6.45) is 1.63. The molecule has 2 aromatic rings. The summed E-state index contributed by atoms with van der Waals surface area (Å²) in [6.45, 7) is 5.55. The number of carbonyl (C=O) groups is 1. The number of hydrogen-bond acceptors (Lipinski definition) is 3. The first-order valence-electron chi connectivity index (χ1n) is 6.26. The van der Waals surface area contributed by atoms with E-state index in [1.807, 2.05) is 13.8 Å². The Kier molecular flexibility index (Phi) is 3.74. The molecule has 6 heteroatoms. The Morgan fingerprint density at radius 2 is 2.15 bits per heavy atom. The lowest BCUT2D eigenvalue weighted by Gasteiger charge is -2.16. The topological polar surface area (TPSA) is 72.9 Å². The number of aromatic nitrogens is 2. The van der Waals surface area contributed by atoms with Crippen LogP contribution in [0.4, 0.5) is 15.8 Å². The van der Waals surface area contributed by atoms with Crippen molar-refractivity contribution in [3.05, 3.63) is 41.7 Å². The van der Waals surface area contributed by atoms with E-state index in [0.29, 0.717) is 5.69 Å². The largest absolute Gasteiger partial charge is 0.397 e. The summed E-state index contributed by atoms with van der Waals surface area (Å²) in [5.41, 5.74) is 8.08. The molecule has 0 spiro atoms. The quantitative estimate of drug-likeness (QED) is 0.846. The van der Waals surface area contributed by atoms with Crippen LogP contribution in [0.15, 0.2) is 24.5 Å². The van der Waals surface area contributed by atoms with Gasteiger partial charge in [-0.25, -0.2) is 9.37 Å². The fourth-order valence-corrected chi connectivity index (χ4v) is 1.92. The molecule has 0 radical (unpaired) electrons. The molecule has 0 saturated heterocycles. The van der Waals surface area contributed by atoms with Gasteiger partial charge in [0.2, 0.25) is 5.91 Å². The average molecular weight is 276 g/mol. The number of amides is 1. The Morgan fingerprint density at radius 3 is 2.70 bits per heavy atom. The molecule has 5 nitrogen and oxygen atoms in total. The van der Waals surface area contributed by atoms with Crippen LogP contribution in [0.25, 0.3) is 0 Å². The van der Waals surface area contributed by atoms with Crippen LogP contribution in [0.2, 0.25) is 0 Å². The zero-order chi connectivity index (χ0) is 14.9. The number of halogens is 1. The number of rotatable bonds is 3. The summed E-state index contributed by atoms with van der Waals surface area (Å²) < 4.78 is 14.7. The third kappa shape index (κ3) is 2.64. The van der Waals surface area contributed by atoms with Gasteiger partial charge in [-0.3, -0.25) is 4.79 Å². The van der Waals surface area contributed by atoms with Crippen molar-refractivity contribution in [3.63, 3.8) is 0 Å². The molecule has 0 bridgehead atoms. The molecule has 1 amide bonds. The van der Waals surface area contributed by atoms with Gasteiger partial charge in [-0.1, -0.05) is 0 Å². The summed E-state index contributed by atoms with van der Waals surface area (Å²) in [5.74, 6) is -0.668. The van der Waals surface area contributed by atoms with Crippen molar-refractivity contribution in [2.45, 2.75) is 26.8 Å². The zero-order valence-electron chi connectivity index (χ0n) is 11.6. The SMILES string of the molecule is Cc1ncn(C(C)C(=O)Nc2ccc(F)cc2N)c1C. The van der Waals surface area contributed by atoms with Crippen LogP contribution in [0.3, 0.4) is 0 Å². The van der Waals surface area contributed by atoms with Gasteiger partial charge in [0.05, 0.1) is 23.4 Å². The highest BCUT2D eigenvalue weighted by Crippen LogP contribution is 2.21. The van der Waals surface area contributed by atoms with Crippen molar-refractivity contribution in [1.29, 1.82) is 0 Å². The van der Waals surface area contributed by atoms with Crippen molar-refractivity contribution in [1.82, 2.24) is 9.55 Å². The number of hydrogen-bond donors (Lipinski definition) is 2. The van der Waals surface area contributed by atoms with Gasteiger partial charge in [-0.05, 0) is 39.0 Å². The predicted octanol–water partition coefficient (Wildman–Crippen LogP) is 2.42. The van der Waals surface area contributed by atoms with Crippen molar-refractivity contribution < 1.29 is 9.18 Å². The first kappa shape index (κ1) is 14.0. The first-order chi connectivity index (χ1) is 9.40. The van der Waals surface area contributed by atoms with Crippen molar-refractivity contribution >= 4 is 17.3 Å². The van der Waals surface area contributed by atoms with Gasteiger partial charge < -0.3 is 15.6 Å². The molecule has 1 atom stereocenters. The van der Waals surface area contributed by atoms with E-state index in [1.54, 1.807) is 17.8 Å². The molecule has 1 aromatic heterocycles. The second-order valence-electron chi connectivity index (χ2n) is 4.72. The molecule has 106 valence electrons.